The van der Waals surface area contributed by atoms with Crippen LogP contribution in [-0.4, -0.2) is 28.1 Å². The Morgan fingerprint density at radius 3 is 2.73 bits per heavy atom. The van der Waals surface area contributed by atoms with E-state index in [2.05, 4.69) is 9.97 Å². The highest BCUT2D eigenvalue weighted by Gasteiger charge is 2.32. The number of aromatic nitrogens is 2. The zero-order valence-electron chi connectivity index (χ0n) is 17.5. The number of amides is 1. The summed E-state index contributed by atoms with van der Waals surface area (Å²) in [5.74, 6) is 1.67. The van der Waals surface area contributed by atoms with Crippen LogP contribution in [0, 0.1) is 6.92 Å². The number of rotatable bonds is 6. The van der Waals surface area contributed by atoms with Crippen molar-refractivity contribution in [1.82, 2.24) is 9.97 Å². The lowest BCUT2D eigenvalue weighted by Crippen LogP contribution is -2.35. The van der Waals surface area contributed by atoms with Gasteiger partial charge in [-0.25, -0.2) is 4.98 Å². The van der Waals surface area contributed by atoms with E-state index in [0.29, 0.717) is 18.1 Å². The van der Waals surface area contributed by atoms with Crippen LogP contribution in [0.3, 0.4) is 0 Å². The molecule has 6 nitrogen and oxygen atoms in total. The molecule has 3 heterocycles. The van der Waals surface area contributed by atoms with Gasteiger partial charge in [0.05, 0.1) is 12.2 Å². The smallest absolute Gasteiger partial charge is 0.266 e. The van der Waals surface area contributed by atoms with Crippen LogP contribution in [0.1, 0.15) is 30.7 Å². The number of anilines is 1. The summed E-state index contributed by atoms with van der Waals surface area (Å²) in [6, 6.07) is 15.2. The molecular weight excluding hydrogens is 378 g/mol. The predicted molar refractivity (Wildman–Crippen MR) is 115 cm³/mol. The number of benzene rings is 1. The number of hydrogen-bond donors (Lipinski definition) is 0. The van der Waals surface area contributed by atoms with E-state index in [1.807, 2.05) is 69.3 Å². The molecule has 0 aliphatic carbocycles. The average molecular weight is 403 g/mol. The van der Waals surface area contributed by atoms with Gasteiger partial charge in [0.2, 0.25) is 0 Å². The molecule has 0 unspecified atom stereocenters. The first-order valence-electron chi connectivity index (χ1n) is 9.98. The van der Waals surface area contributed by atoms with E-state index in [4.69, 9.17) is 9.47 Å². The molecule has 154 valence electrons. The molecular formula is C24H25N3O3. The number of carbonyl (C=O) groups is 1. The molecule has 3 aromatic rings. The zero-order chi connectivity index (χ0) is 21.1. The van der Waals surface area contributed by atoms with E-state index in [1.54, 1.807) is 17.3 Å². The highest BCUT2D eigenvalue weighted by Crippen LogP contribution is 2.41. The molecule has 0 bridgehead atoms. The van der Waals surface area contributed by atoms with Gasteiger partial charge in [-0.15, -0.1) is 0 Å². The number of nitrogens with zero attached hydrogens (tertiary/aromatic N) is 3. The Bertz CT molecular complexity index is 1030. The number of aryl methyl sites for hydroxylation is 1. The third kappa shape index (κ3) is 4.43. The second-order valence-corrected chi connectivity index (χ2v) is 8.07. The maximum absolute atomic E-state index is 13.1. The standard InChI is InChI=1S/C24H25N3O3/c1-17-10-11-21(26-14-17)27(15-19-8-4-5-12-25-19)22(28)16-29-20-9-6-7-18-13-24(2,3)30-23(18)20/h4-12,14H,13,15-16H2,1-3H3. The topological polar surface area (TPSA) is 64.6 Å². The second kappa shape index (κ2) is 8.14. The number of para-hydroxylation sites is 1. The van der Waals surface area contributed by atoms with E-state index < -0.39 is 0 Å². The Morgan fingerprint density at radius 1 is 1.13 bits per heavy atom. The number of carbonyl (C=O) groups excluding carboxylic acids is 1. The number of ether oxygens (including phenoxy) is 2. The fourth-order valence-electron chi connectivity index (χ4n) is 3.49. The first-order valence-corrected chi connectivity index (χ1v) is 9.98. The molecule has 0 radical (unpaired) electrons. The number of fused-ring (bicyclic) bond motifs is 1. The van der Waals surface area contributed by atoms with Gasteiger partial charge in [0.15, 0.2) is 18.1 Å². The van der Waals surface area contributed by atoms with E-state index in [-0.39, 0.29) is 18.1 Å². The molecule has 0 fully saturated rings. The minimum Gasteiger partial charge on any atom is -0.483 e. The quantitative estimate of drug-likeness (QED) is 0.620. The van der Waals surface area contributed by atoms with Gasteiger partial charge in [0.25, 0.3) is 5.91 Å². The molecule has 0 spiro atoms. The van der Waals surface area contributed by atoms with Gasteiger partial charge in [0, 0.05) is 24.4 Å². The Hall–Kier alpha value is -3.41. The van der Waals surface area contributed by atoms with Gasteiger partial charge >= 0.3 is 0 Å². The molecule has 2 aromatic heterocycles. The van der Waals surface area contributed by atoms with Crippen LogP contribution in [0.5, 0.6) is 11.5 Å². The van der Waals surface area contributed by atoms with Crippen molar-refractivity contribution in [2.75, 3.05) is 11.5 Å². The summed E-state index contributed by atoms with van der Waals surface area (Å²) >= 11 is 0. The van der Waals surface area contributed by atoms with Gasteiger partial charge in [-0.1, -0.05) is 24.3 Å². The van der Waals surface area contributed by atoms with Crippen molar-refractivity contribution in [3.8, 4) is 11.5 Å². The summed E-state index contributed by atoms with van der Waals surface area (Å²) < 4.78 is 11.9. The monoisotopic (exact) mass is 403 g/mol. The summed E-state index contributed by atoms with van der Waals surface area (Å²) in [5, 5.41) is 0. The normalized spacial score (nSPS) is 14.0. The summed E-state index contributed by atoms with van der Waals surface area (Å²) in [5.41, 5.74) is 2.62. The molecule has 1 amide bonds. The molecule has 0 atom stereocenters. The van der Waals surface area contributed by atoms with Crippen LogP contribution >= 0.6 is 0 Å². The fourth-order valence-corrected chi connectivity index (χ4v) is 3.49. The SMILES string of the molecule is Cc1ccc(N(Cc2ccccn2)C(=O)COc2cccc3c2OC(C)(C)C3)nc1. The molecule has 1 aliphatic heterocycles. The van der Waals surface area contributed by atoms with Crippen molar-refractivity contribution in [1.29, 1.82) is 0 Å². The first-order chi connectivity index (χ1) is 14.4. The molecule has 0 N–H and O–H groups in total. The van der Waals surface area contributed by atoms with Gasteiger partial charge < -0.3 is 9.47 Å². The lowest BCUT2D eigenvalue weighted by molar-refractivity contribution is -0.120. The van der Waals surface area contributed by atoms with Gasteiger partial charge in [0.1, 0.15) is 11.4 Å². The van der Waals surface area contributed by atoms with Crippen LogP contribution in [0.4, 0.5) is 5.82 Å². The summed E-state index contributed by atoms with van der Waals surface area (Å²) in [7, 11) is 0. The maximum atomic E-state index is 13.1. The lowest BCUT2D eigenvalue weighted by atomic mass is 10.0. The first kappa shape index (κ1) is 19.9. The van der Waals surface area contributed by atoms with Crippen molar-refractivity contribution < 1.29 is 14.3 Å². The molecule has 4 rings (SSSR count). The Balaban J connectivity index is 1.53. The largest absolute Gasteiger partial charge is 0.483 e. The van der Waals surface area contributed by atoms with Crippen molar-refractivity contribution in [2.45, 2.75) is 39.3 Å². The molecule has 1 aromatic carbocycles. The summed E-state index contributed by atoms with van der Waals surface area (Å²) in [6.07, 6.45) is 4.27. The van der Waals surface area contributed by atoms with Crippen LogP contribution in [-0.2, 0) is 17.8 Å². The highest BCUT2D eigenvalue weighted by atomic mass is 16.5. The van der Waals surface area contributed by atoms with E-state index in [0.717, 1.165) is 29.0 Å². The Morgan fingerprint density at radius 2 is 2.00 bits per heavy atom. The van der Waals surface area contributed by atoms with Crippen molar-refractivity contribution in [2.24, 2.45) is 0 Å². The molecule has 30 heavy (non-hydrogen) atoms. The second-order valence-electron chi connectivity index (χ2n) is 8.07. The lowest BCUT2D eigenvalue weighted by Gasteiger charge is -2.22. The highest BCUT2D eigenvalue weighted by molar-refractivity contribution is 5.93. The number of pyridine rings is 2. The van der Waals surface area contributed by atoms with Gasteiger partial charge in [-0.05, 0) is 50.6 Å². The zero-order valence-corrected chi connectivity index (χ0v) is 17.5. The Labute approximate surface area is 176 Å². The number of hydrogen-bond acceptors (Lipinski definition) is 5. The fraction of sp³-hybridized carbons (Fsp3) is 0.292. The molecule has 6 heteroatoms. The third-order valence-electron chi connectivity index (χ3n) is 4.93. The van der Waals surface area contributed by atoms with Crippen LogP contribution in [0.25, 0.3) is 0 Å². The van der Waals surface area contributed by atoms with Crippen LogP contribution in [0.15, 0.2) is 60.9 Å². The summed E-state index contributed by atoms with van der Waals surface area (Å²) in [4.78, 5) is 23.5. The molecule has 0 saturated carbocycles. The van der Waals surface area contributed by atoms with Gasteiger partial charge in [-0.2, -0.15) is 0 Å². The van der Waals surface area contributed by atoms with Crippen LogP contribution < -0.4 is 14.4 Å². The Kier molecular flexibility index (Phi) is 5.40. The van der Waals surface area contributed by atoms with Crippen molar-refractivity contribution in [3.63, 3.8) is 0 Å². The minimum absolute atomic E-state index is 0.122. The predicted octanol–water partition coefficient (Wildman–Crippen LogP) is 4.11. The summed E-state index contributed by atoms with van der Waals surface area (Å²) in [6.45, 7) is 6.24. The third-order valence-corrected chi connectivity index (χ3v) is 4.93. The molecule has 0 saturated heterocycles. The average Bonchev–Trinajstić information content (AvgIpc) is 3.06. The maximum Gasteiger partial charge on any atom is 0.266 e. The van der Waals surface area contributed by atoms with E-state index in [1.165, 1.54) is 0 Å². The molecule has 1 aliphatic rings. The van der Waals surface area contributed by atoms with Crippen LogP contribution in [0.2, 0.25) is 0 Å². The minimum atomic E-state index is -0.275. The van der Waals surface area contributed by atoms with E-state index in [9.17, 15) is 4.79 Å². The van der Waals surface area contributed by atoms with Crippen molar-refractivity contribution in [3.05, 3.63) is 77.7 Å². The van der Waals surface area contributed by atoms with Crippen molar-refractivity contribution >= 4 is 11.7 Å². The van der Waals surface area contributed by atoms with E-state index >= 15 is 0 Å². The van der Waals surface area contributed by atoms with Gasteiger partial charge in [-0.3, -0.25) is 14.7 Å².